The third-order valence-corrected chi connectivity index (χ3v) is 6.81. The molecule has 1 aliphatic carbocycles. The number of alkyl halides is 2. The number of aromatic nitrogens is 3. The number of benzene rings is 1. The third kappa shape index (κ3) is 3.87. The molecule has 1 saturated carbocycles. The summed E-state index contributed by atoms with van der Waals surface area (Å²) < 4.78 is 34.8. The molecule has 3 heterocycles. The summed E-state index contributed by atoms with van der Waals surface area (Å²) in [6.45, 7) is 4.48. The van der Waals surface area contributed by atoms with Gasteiger partial charge in [0.15, 0.2) is 0 Å². The lowest BCUT2D eigenvalue weighted by atomic mass is 9.86. The maximum Gasteiger partial charge on any atom is 0.248 e. The average molecular weight is 430 g/mol. The number of aliphatic hydroxyl groups is 1. The van der Waals surface area contributed by atoms with Crippen LogP contribution in [0.1, 0.15) is 61.8 Å². The van der Waals surface area contributed by atoms with E-state index in [0.717, 1.165) is 45.9 Å². The minimum absolute atomic E-state index is 0.0454. The summed E-state index contributed by atoms with van der Waals surface area (Å²) in [5, 5.41) is 17.3. The van der Waals surface area contributed by atoms with Gasteiger partial charge in [0.1, 0.15) is 17.8 Å². The van der Waals surface area contributed by atoms with Crippen LogP contribution in [0.5, 0.6) is 0 Å². The zero-order valence-corrected chi connectivity index (χ0v) is 17.9. The van der Waals surface area contributed by atoms with Crippen molar-refractivity contribution in [3.63, 3.8) is 0 Å². The van der Waals surface area contributed by atoms with Crippen molar-refractivity contribution in [1.29, 1.82) is 0 Å². The normalized spacial score (nSPS) is 24.3. The van der Waals surface area contributed by atoms with Gasteiger partial charge in [-0.2, -0.15) is 0 Å². The first-order chi connectivity index (χ1) is 14.8. The fourth-order valence-electron chi connectivity index (χ4n) is 5.12. The van der Waals surface area contributed by atoms with E-state index in [1.807, 2.05) is 26.0 Å². The molecule has 2 N–H and O–H groups in total. The first-order valence-electron chi connectivity index (χ1n) is 11.1. The van der Waals surface area contributed by atoms with Gasteiger partial charge in [0.2, 0.25) is 5.92 Å². The summed E-state index contributed by atoms with van der Waals surface area (Å²) in [6.07, 6.45) is 1.88. The van der Waals surface area contributed by atoms with Crippen LogP contribution in [0.4, 0.5) is 8.78 Å². The van der Waals surface area contributed by atoms with Crippen molar-refractivity contribution in [2.45, 2.75) is 77.1 Å². The van der Waals surface area contributed by atoms with Crippen LogP contribution in [-0.2, 0) is 6.54 Å². The highest BCUT2D eigenvalue weighted by Gasteiger charge is 2.36. The number of aliphatic hydroxyl groups excluding tert-OH is 1. The van der Waals surface area contributed by atoms with Crippen LogP contribution in [0.25, 0.3) is 22.2 Å². The second-order valence-corrected chi connectivity index (χ2v) is 9.09. The zero-order valence-electron chi connectivity index (χ0n) is 17.9. The second-order valence-electron chi connectivity index (χ2n) is 9.09. The number of halogens is 2. The number of hydrogen-bond donors (Lipinski definition) is 2. The van der Waals surface area contributed by atoms with Crippen molar-refractivity contribution in [1.82, 2.24) is 20.0 Å². The number of hydrogen-bond acceptors (Lipinski definition) is 5. The largest absolute Gasteiger partial charge is 0.379 e. The lowest BCUT2D eigenvalue weighted by Gasteiger charge is -2.29. The molecule has 0 radical (unpaired) electrons. The Labute approximate surface area is 179 Å². The molecule has 31 heavy (non-hydrogen) atoms. The van der Waals surface area contributed by atoms with E-state index in [1.165, 1.54) is 0 Å². The van der Waals surface area contributed by atoms with Gasteiger partial charge in [-0.3, -0.25) is 5.32 Å². The van der Waals surface area contributed by atoms with Crippen molar-refractivity contribution in [2.24, 2.45) is 5.92 Å². The van der Waals surface area contributed by atoms with Crippen molar-refractivity contribution in [2.75, 3.05) is 0 Å². The van der Waals surface area contributed by atoms with Gasteiger partial charge in [0.05, 0.1) is 22.8 Å². The standard InChI is InChI=1S/C23H28F2N4O2/c1-13-21(14(2)31-28-13)16-3-5-19-18(11-16)27-22(17-4-6-20(30)26-17)29(19)12-15-7-9-23(24,25)10-8-15/h3,5,11,15,17,20,26,30H,4,6-10,12H2,1-2H3/t17-,20?/m0/s1. The van der Waals surface area contributed by atoms with E-state index in [1.54, 1.807) is 0 Å². The Morgan fingerprint density at radius 2 is 1.97 bits per heavy atom. The zero-order chi connectivity index (χ0) is 21.8. The van der Waals surface area contributed by atoms with Gasteiger partial charge in [0.25, 0.3) is 0 Å². The van der Waals surface area contributed by atoms with Crippen LogP contribution in [0.2, 0.25) is 0 Å². The third-order valence-electron chi connectivity index (χ3n) is 6.81. The second kappa shape index (κ2) is 7.67. The summed E-state index contributed by atoms with van der Waals surface area (Å²) in [4.78, 5) is 4.94. The number of rotatable bonds is 4. The average Bonchev–Trinajstić information content (AvgIpc) is 3.40. The van der Waals surface area contributed by atoms with Crippen molar-refractivity contribution < 1.29 is 18.4 Å². The summed E-state index contributed by atoms with van der Waals surface area (Å²) in [5.74, 6) is -0.694. The molecule has 2 fully saturated rings. The van der Waals surface area contributed by atoms with Gasteiger partial charge < -0.3 is 14.2 Å². The van der Waals surface area contributed by atoms with Gasteiger partial charge in [0, 0.05) is 24.9 Å². The fourth-order valence-corrected chi connectivity index (χ4v) is 5.12. The van der Waals surface area contributed by atoms with Gasteiger partial charge in [-0.1, -0.05) is 11.2 Å². The van der Waals surface area contributed by atoms with Gasteiger partial charge in [-0.25, -0.2) is 13.8 Å². The topological polar surface area (TPSA) is 76.1 Å². The Morgan fingerprint density at radius 1 is 1.19 bits per heavy atom. The Kier molecular flexibility index (Phi) is 5.09. The smallest absolute Gasteiger partial charge is 0.248 e. The Morgan fingerprint density at radius 3 is 2.61 bits per heavy atom. The molecule has 0 bridgehead atoms. The van der Waals surface area contributed by atoms with E-state index in [9.17, 15) is 13.9 Å². The molecule has 2 aliphatic rings. The summed E-state index contributed by atoms with van der Waals surface area (Å²) in [7, 11) is 0. The molecule has 1 saturated heterocycles. The highest BCUT2D eigenvalue weighted by molar-refractivity contribution is 5.83. The van der Waals surface area contributed by atoms with Gasteiger partial charge in [-0.15, -0.1) is 0 Å². The Hall–Kier alpha value is -2.32. The van der Waals surface area contributed by atoms with Crippen LogP contribution in [-0.4, -0.2) is 32.0 Å². The number of fused-ring (bicyclic) bond motifs is 1. The maximum atomic E-state index is 13.7. The molecule has 2 aromatic heterocycles. The van der Waals surface area contributed by atoms with E-state index in [0.29, 0.717) is 25.8 Å². The SMILES string of the molecule is Cc1noc(C)c1-c1ccc2c(c1)nc([C@@H]1CCC(O)N1)n2CC1CCC(F)(F)CC1. The number of nitrogens with one attached hydrogen (secondary N) is 1. The molecule has 3 aromatic rings. The van der Waals surface area contributed by atoms with Crippen LogP contribution in [0, 0.1) is 19.8 Å². The molecule has 1 unspecified atom stereocenters. The van der Waals surface area contributed by atoms with E-state index >= 15 is 0 Å². The van der Waals surface area contributed by atoms with Crippen molar-refractivity contribution in [3.05, 3.63) is 35.5 Å². The van der Waals surface area contributed by atoms with E-state index < -0.39 is 12.2 Å². The predicted molar refractivity (Wildman–Crippen MR) is 113 cm³/mol. The van der Waals surface area contributed by atoms with Crippen LogP contribution >= 0.6 is 0 Å². The Bertz CT molecular complexity index is 1080. The van der Waals surface area contributed by atoms with Crippen molar-refractivity contribution >= 4 is 11.0 Å². The molecular weight excluding hydrogens is 402 g/mol. The minimum atomic E-state index is -2.53. The summed E-state index contributed by atoms with van der Waals surface area (Å²) >= 11 is 0. The quantitative estimate of drug-likeness (QED) is 0.617. The lowest BCUT2D eigenvalue weighted by Crippen LogP contribution is -2.29. The number of aryl methyl sites for hydroxylation is 2. The number of nitrogens with zero attached hydrogens (tertiary/aromatic N) is 3. The summed E-state index contributed by atoms with van der Waals surface area (Å²) in [6, 6.07) is 6.09. The molecule has 1 aromatic carbocycles. The first-order valence-corrected chi connectivity index (χ1v) is 11.1. The molecule has 1 aliphatic heterocycles. The molecule has 5 rings (SSSR count). The van der Waals surface area contributed by atoms with Crippen molar-refractivity contribution in [3.8, 4) is 11.1 Å². The fraction of sp³-hybridized carbons (Fsp3) is 0.565. The van der Waals surface area contributed by atoms with E-state index in [2.05, 4.69) is 21.1 Å². The number of imidazole rings is 1. The highest BCUT2D eigenvalue weighted by Crippen LogP contribution is 2.39. The highest BCUT2D eigenvalue weighted by atomic mass is 19.3. The van der Waals surface area contributed by atoms with Gasteiger partial charge >= 0.3 is 0 Å². The summed E-state index contributed by atoms with van der Waals surface area (Å²) in [5.41, 5.74) is 4.65. The van der Waals surface area contributed by atoms with E-state index in [4.69, 9.17) is 9.51 Å². The molecule has 0 amide bonds. The maximum absolute atomic E-state index is 13.7. The van der Waals surface area contributed by atoms with Crippen LogP contribution in [0.3, 0.4) is 0 Å². The Balaban J connectivity index is 1.53. The van der Waals surface area contributed by atoms with Crippen LogP contribution in [0.15, 0.2) is 22.7 Å². The monoisotopic (exact) mass is 430 g/mol. The molecule has 6 nitrogen and oxygen atoms in total. The minimum Gasteiger partial charge on any atom is -0.379 e. The first kappa shape index (κ1) is 20.6. The lowest BCUT2D eigenvalue weighted by molar-refractivity contribution is -0.0473. The molecule has 166 valence electrons. The van der Waals surface area contributed by atoms with Crippen LogP contribution < -0.4 is 5.32 Å². The van der Waals surface area contributed by atoms with Gasteiger partial charge in [-0.05, 0) is 63.1 Å². The molecule has 2 atom stereocenters. The predicted octanol–water partition coefficient (Wildman–Crippen LogP) is 4.88. The van der Waals surface area contributed by atoms with E-state index in [-0.39, 0.29) is 24.8 Å². The molecular formula is C23H28F2N4O2. The molecule has 0 spiro atoms. The molecule has 8 heteroatoms.